The van der Waals surface area contributed by atoms with E-state index >= 15 is 0 Å². The first-order valence-corrected chi connectivity index (χ1v) is 7.23. The molecule has 0 saturated carbocycles. The topological polar surface area (TPSA) is 39.9 Å². The van der Waals surface area contributed by atoms with Crippen LogP contribution in [0.2, 0.25) is 0 Å². The van der Waals surface area contributed by atoms with Crippen molar-refractivity contribution in [3.8, 4) is 5.75 Å². The lowest BCUT2D eigenvalue weighted by molar-refractivity contribution is 0.317. The van der Waals surface area contributed by atoms with Gasteiger partial charge in [0.25, 0.3) is 0 Å². The number of aryl methyl sites for hydroxylation is 1. The lowest BCUT2D eigenvalue weighted by Gasteiger charge is -2.11. The van der Waals surface area contributed by atoms with Crippen molar-refractivity contribution in [2.24, 2.45) is 13.0 Å². The molecule has 2 rings (SSSR count). The fourth-order valence-corrected chi connectivity index (χ4v) is 2.23. The van der Waals surface area contributed by atoms with Crippen molar-refractivity contribution in [2.45, 2.75) is 33.1 Å². The van der Waals surface area contributed by atoms with E-state index in [1.165, 1.54) is 5.56 Å². The van der Waals surface area contributed by atoms with Crippen molar-refractivity contribution >= 4 is 0 Å². The molecular formula is C16H23N3O. The molecule has 0 bridgehead atoms. The van der Waals surface area contributed by atoms with Crippen molar-refractivity contribution in [3.63, 3.8) is 0 Å². The summed E-state index contributed by atoms with van der Waals surface area (Å²) >= 11 is 0. The molecule has 1 unspecified atom stereocenters. The number of hydrogen-bond acceptors (Lipinski definition) is 3. The third-order valence-corrected chi connectivity index (χ3v) is 3.32. The van der Waals surface area contributed by atoms with Crippen LogP contribution in [0.25, 0.3) is 0 Å². The standard InChI is InChI=1S/C16H23N3O/c1-4-9-20-15-7-5-14(6-8-15)10-13(2)11-16-17-12-18-19(16)3/h5-8,12-13H,4,9-11H2,1-3H3. The molecule has 20 heavy (non-hydrogen) atoms. The smallest absolute Gasteiger partial charge is 0.138 e. The first-order chi connectivity index (χ1) is 9.69. The third kappa shape index (κ3) is 4.08. The van der Waals surface area contributed by atoms with Crippen molar-refractivity contribution in [3.05, 3.63) is 42.0 Å². The Kier molecular flexibility index (Phi) is 5.16. The Labute approximate surface area is 120 Å². The van der Waals surface area contributed by atoms with Crippen LogP contribution in [0.3, 0.4) is 0 Å². The van der Waals surface area contributed by atoms with Gasteiger partial charge in [0.2, 0.25) is 0 Å². The number of ether oxygens (including phenoxy) is 1. The number of hydrogen-bond donors (Lipinski definition) is 0. The van der Waals surface area contributed by atoms with Gasteiger partial charge in [-0.2, -0.15) is 5.10 Å². The Bertz CT molecular complexity index is 519. The summed E-state index contributed by atoms with van der Waals surface area (Å²) in [5.41, 5.74) is 1.34. The molecule has 0 amide bonds. The fourth-order valence-electron chi connectivity index (χ4n) is 2.23. The van der Waals surface area contributed by atoms with Crippen LogP contribution < -0.4 is 4.74 Å². The summed E-state index contributed by atoms with van der Waals surface area (Å²) < 4.78 is 7.44. The Balaban J connectivity index is 1.87. The molecule has 4 heteroatoms. The summed E-state index contributed by atoms with van der Waals surface area (Å²) in [6.07, 6.45) is 4.64. The average Bonchev–Trinajstić information content (AvgIpc) is 2.83. The van der Waals surface area contributed by atoms with Crippen LogP contribution in [-0.2, 0) is 19.9 Å². The molecule has 0 spiro atoms. The van der Waals surface area contributed by atoms with Gasteiger partial charge >= 0.3 is 0 Å². The van der Waals surface area contributed by atoms with E-state index in [2.05, 4.69) is 48.2 Å². The Morgan fingerprint density at radius 2 is 1.95 bits per heavy atom. The van der Waals surface area contributed by atoms with Gasteiger partial charge in [0.1, 0.15) is 17.9 Å². The van der Waals surface area contributed by atoms with Crippen LogP contribution >= 0.6 is 0 Å². The molecule has 0 saturated heterocycles. The normalized spacial score (nSPS) is 12.3. The van der Waals surface area contributed by atoms with Crippen LogP contribution in [0, 0.1) is 5.92 Å². The van der Waals surface area contributed by atoms with E-state index in [0.717, 1.165) is 37.4 Å². The molecular weight excluding hydrogens is 250 g/mol. The van der Waals surface area contributed by atoms with Gasteiger partial charge in [-0.3, -0.25) is 4.68 Å². The zero-order chi connectivity index (χ0) is 14.4. The molecule has 4 nitrogen and oxygen atoms in total. The van der Waals surface area contributed by atoms with Gasteiger partial charge in [-0.05, 0) is 36.5 Å². The lowest BCUT2D eigenvalue weighted by Crippen LogP contribution is -2.09. The van der Waals surface area contributed by atoms with Crippen LogP contribution in [-0.4, -0.2) is 21.4 Å². The maximum absolute atomic E-state index is 5.59. The second-order valence-electron chi connectivity index (χ2n) is 5.31. The van der Waals surface area contributed by atoms with E-state index in [9.17, 15) is 0 Å². The summed E-state index contributed by atoms with van der Waals surface area (Å²) in [5.74, 6) is 2.54. The molecule has 2 aromatic rings. The third-order valence-electron chi connectivity index (χ3n) is 3.32. The van der Waals surface area contributed by atoms with Crippen LogP contribution in [0.5, 0.6) is 5.75 Å². The van der Waals surface area contributed by atoms with Gasteiger partial charge in [-0.1, -0.05) is 26.0 Å². The minimum absolute atomic E-state index is 0.542. The molecule has 1 atom stereocenters. The first-order valence-electron chi connectivity index (χ1n) is 7.23. The number of benzene rings is 1. The zero-order valence-corrected chi connectivity index (χ0v) is 12.5. The second-order valence-corrected chi connectivity index (χ2v) is 5.31. The molecule has 1 aromatic carbocycles. The highest BCUT2D eigenvalue weighted by atomic mass is 16.5. The quantitative estimate of drug-likeness (QED) is 0.778. The summed E-state index contributed by atoms with van der Waals surface area (Å²) in [5, 5.41) is 4.11. The molecule has 0 N–H and O–H groups in total. The van der Waals surface area contributed by atoms with Gasteiger partial charge in [0.15, 0.2) is 0 Å². The van der Waals surface area contributed by atoms with E-state index < -0.39 is 0 Å². The van der Waals surface area contributed by atoms with E-state index in [-0.39, 0.29) is 0 Å². The van der Waals surface area contributed by atoms with Crippen molar-refractivity contribution in [1.29, 1.82) is 0 Å². The first kappa shape index (κ1) is 14.6. The van der Waals surface area contributed by atoms with Crippen molar-refractivity contribution in [2.75, 3.05) is 6.61 Å². The van der Waals surface area contributed by atoms with Crippen LogP contribution in [0.4, 0.5) is 0 Å². The van der Waals surface area contributed by atoms with Crippen LogP contribution in [0.15, 0.2) is 30.6 Å². The highest BCUT2D eigenvalue weighted by Gasteiger charge is 2.09. The fraction of sp³-hybridized carbons (Fsp3) is 0.500. The zero-order valence-electron chi connectivity index (χ0n) is 12.5. The molecule has 0 aliphatic carbocycles. The molecule has 0 aliphatic heterocycles. The summed E-state index contributed by atoms with van der Waals surface area (Å²) in [6.45, 7) is 5.14. The number of nitrogens with zero attached hydrogens (tertiary/aromatic N) is 3. The molecule has 0 radical (unpaired) electrons. The van der Waals surface area contributed by atoms with Gasteiger partial charge in [0.05, 0.1) is 6.61 Å². The number of aromatic nitrogens is 3. The van der Waals surface area contributed by atoms with Crippen molar-refractivity contribution < 1.29 is 4.74 Å². The van der Waals surface area contributed by atoms with E-state index in [0.29, 0.717) is 5.92 Å². The molecule has 0 aliphatic rings. The average molecular weight is 273 g/mol. The van der Waals surface area contributed by atoms with Crippen LogP contribution in [0.1, 0.15) is 31.7 Å². The molecule has 1 heterocycles. The predicted molar refractivity (Wildman–Crippen MR) is 79.8 cm³/mol. The maximum Gasteiger partial charge on any atom is 0.138 e. The van der Waals surface area contributed by atoms with Crippen molar-refractivity contribution in [1.82, 2.24) is 14.8 Å². The lowest BCUT2D eigenvalue weighted by atomic mass is 9.98. The minimum Gasteiger partial charge on any atom is -0.494 e. The molecule has 0 fully saturated rings. The summed E-state index contributed by atoms with van der Waals surface area (Å²) in [4.78, 5) is 4.28. The second kappa shape index (κ2) is 7.08. The SMILES string of the molecule is CCCOc1ccc(CC(C)Cc2ncnn2C)cc1. The molecule has 1 aromatic heterocycles. The van der Waals surface area contributed by atoms with Gasteiger partial charge < -0.3 is 4.74 Å². The Hall–Kier alpha value is -1.84. The maximum atomic E-state index is 5.59. The highest BCUT2D eigenvalue weighted by molar-refractivity contribution is 5.27. The monoisotopic (exact) mass is 273 g/mol. The van der Waals surface area contributed by atoms with Gasteiger partial charge in [-0.15, -0.1) is 0 Å². The van der Waals surface area contributed by atoms with Gasteiger partial charge in [0, 0.05) is 13.5 Å². The summed E-state index contributed by atoms with van der Waals surface area (Å²) in [7, 11) is 1.94. The Morgan fingerprint density at radius 1 is 1.20 bits per heavy atom. The van der Waals surface area contributed by atoms with E-state index in [1.807, 2.05) is 11.7 Å². The largest absolute Gasteiger partial charge is 0.494 e. The minimum atomic E-state index is 0.542. The van der Waals surface area contributed by atoms with E-state index in [1.54, 1.807) is 6.33 Å². The summed E-state index contributed by atoms with van der Waals surface area (Å²) in [6, 6.07) is 8.41. The Morgan fingerprint density at radius 3 is 2.55 bits per heavy atom. The number of rotatable bonds is 7. The molecule has 108 valence electrons. The predicted octanol–water partition coefficient (Wildman–Crippen LogP) is 3.03. The highest BCUT2D eigenvalue weighted by Crippen LogP contribution is 2.17. The van der Waals surface area contributed by atoms with Gasteiger partial charge in [-0.25, -0.2) is 4.98 Å². The van der Waals surface area contributed by atoms with E-state index in [4.69, 9.17) is 4.74 Å².